The summed E-state index contributed by atoms with van der Waals surface area (Å²) in [5.74, 6) is 1.35. The van der Waals surface area contributed by atoms with Crippen LogP contribution in [-0.2, 0) is 4.74 Å². The van der Waals surface area contributed by atoms with Gasteiger partial charge in [0, 0.05) is 44.7 Å². The van der Waals surface area contributed by atoms with E-state index < -0.39 is 0 Å². The molecule has 0 saturated carbocycles. The van der Waals surface area contributed by atoms with Crippen LogP contribution < -0.4 is 5.32 Å². The Labute approximate surface area is 119 Å². The van der Waals surface area contributed by atoms with Crippen LogP contribution in [0.4, 0.5) is 0 Å². The molecule has 1 rings (SSSR count). The van der Waals surface area contributed by atoms with Crippen molar-refractivity contribution >= 4 is 0 Å². The third kappa shape index (κ3) is 6.70. The fourth-order valence-electron chi connectivity index (χ4n) is 2.80. The Balaban J connectivity index is 2.48. The molecule has 0 spiro atoms. The van der Waals surface area contributed by atoms with Crippen LogP contribution in [0, 0.1) is 11.8 Å². The van der Waals surface area contributed by atoms with E-state index in [2.05, 4.69) is 50.1 Å². The lowest BCUT2D eigenvalue weighted by atomic mass is 9.95. The van der Waals surface area contributed by atoms with Crippen molar-refractivity contribution in [1.29, 1.82) is 0 Å². The normalized spacial score (nSPS) is 24.6. The average molecular weight is 271 g/mol. The standard InChI is InChI=1S/C15H33N3O/c1-13(2)10-18(8-7-17(4)5)11-14-12-19-9-6-15(14)16-3/h13-16H,6-12H2,1-5H3. The van der Waals surface area contributed by atoms with Gasteiger partial charge in [-0.2, -0.15) is 0 Å². The molecule has 0 radical (unpaired) electrons. The highest BCUT2D eigenvalue weighted by atomic mass is 16.5. The van der Waals surface area contributed by atoms with Gasteiger partial charge in [0.25, 0.3) is 0 Å². The third-order valence-electron chi connectivity index (χ3n) is 3.82. The Kier molecular flexibility index (Phi) is 7.91. The van der Waals surface area contributed by atoms with E-state index in [9.17, 15) is 0 Å². The van der Waals surface area contributed by atoms with Gasteiger partial charge in [0.2, 0.25) is 0 Å². The number of ether oxygens (including phenoxy) is 1. The number of hydrogen-bond acceptors (Lipinski definition) is 4. The minimum atomic E-state index is 0.614. The van der Waals surface area contributed by atoms with Crippen molar-refractivity contribution < 1.29 is 4.74 Å². The quantitative estimate of drug-likeness (QED) is 0.716. The maximum Gasteiger partial charge on any atom is 0.0521 e. The third-order valence-corrected chi connectivity index (χ3v) is 3.82. The molecule has 19 heavy (non-hydrogen) atoms. The van der Waals surface area contributed by atoms with Crippen LogP contribution in [0.15, 0.2) is 0 Å². The van der Waals surface area contributed by atoms with Crippen LogP contribution in [-0.4, -0.2) is 76.4 Å². The molecule has 114 valence electrons. The zero-order valence-electron chi connectivity index (χ0n) is 13.5. The molecule has 1 N–H and O–H groups in total. The minimum Gasteiger partial charge on any atom is -0.381 e. The highest BCUT2D eigenvalue weighted by Crippen LogP contribution is 2.16. The number of likely N-dealkylation sites (N-methyl/N-ethyl adjacent to an activating group) is 1. The lowest BCUT2D eigenvalue weighted by molar-refractivity contribution is 0.0161. The molecule has 0 bridgehead atoms. The van der Waals surface area contributed by atoms with E-state index >= 15 is 0 Å². The number of nitrogens with one attached hydrogen (secondary N) is 1. The fraction of sp³-hybridized carbons (Fsp3) is 1.00. The van der Waals surface area contributed by atoms with Gasteiger partial charge in [-0.3, -0.25) is 0 Å². The Bertz CT molecular complexity index is 233. The smallest absolute Gasteiger partial charge is 0.0521 e. The van der Waals surface area contributed by atoms with Gasteiger partial charge in [-0.15, -0.1) is 0 Å². The van der Waals surface area contributed by atoms with Crippen LogP contribution >= 0.6 is 0 Å². The summed E-state index contributed by atoms with van der Waals surface area (Å²) in [6.45, 7) is 11.0. The maximum absolute atomic E-state index is 5.67. The van der Waals surface area contributed by atoms with Gasteiger partial charge in [0.1, 0.15) is 0 Å². The van der Waals surface area contributed by atoms with Crippen molar-refractivity contribution in [2.75, 3.05) is 60.5 Å². The van der Waals surface area contributed by atoms with E-state index in [1.165, 1.54) is 6.54 Å². The summed E-state index contributed by atoms with van der Waals surface area (Å²) >= 11 is 0. The largest absolute Gasteiger partial charge is 0.381 e. The van der Waals surface area contributed by atoms with Crippen molar-refractivity contribution in [1.82, 2.24) is 15.1 Å². The topological polar surface area (TPSA) is 27.7 Å². The lowest BCUT2D eigenvalue weighted by Gasteiger charge is -2.36. The van der Waals surface area contributed by atoms with Crippen molar-refractivity contribution in [3.8, 4) is 0 Å². The first kappa shape index (κ1) is 16.9. The Morgan fingerprint density at radius 2 is 2.00 bits per heavy atom. The monoisotopic (exact) mass is 271 g/mol. The fourth-order valence-corrected chi connectivity index (χ4v) is 2.80. The number of nitrogens with zero attached hydrogens (tertiary/aromatic N) is 2. The Morgan fingerprint density at radius 1 is 1.26 bits per heavy atom. The molecule has 0 aromatic heterocycles. The molecule has 1 aliphatic heterocycles. The van der Waals surface area contributed by atoms with Gasteiger partial charge in [-0.1, -0.05) is 13.8 Å². The van der Waals surface area contributed by atoms with Gasteiger partial charge in [-0.05, 0) is 33.5 Å². The van der Waals surface area contributed by atoms with E-state index in [0.717, 1.165) is 45.2 Å². The Hall–Kier alpha value is -0.160. The van der Waals surface area contributed by atoms with E-state index in [4.69, 9.17) is 4.74 Å². The van der Waals surface area contributed by atoms with Crippen LogP contribution in [0.2, 0.25) is 0 Å². The highest BCUT2D eigenvalue weighted by Gasteiger charge is 2.26. The molecule has 0 aromatic rings. The van der Waals surface area contributed by atoms with Gasteiger partial charge in [0.15, 0.2) is 0 Å². The molecule has 1 aliphatic rings. The van der Waals surface area contributed by atoms with E-state index in [1.54, 1.807) is 0 Å². The van der Waals surface area contributed by atoms with Crippen LogP contribution in [0.25, 0.3) is 0 Å². The lowest BCUT2D eigenvalue weighted by Crippen LogP contribution is -2.48. The molecule has 1 saturated heterocycles. The average Bonchev–Trinajstić information content (AvgIpc) is 2.36. The van der Waals surface area contributed by atoms with E-state index in [-0.39, 0.29) is 0 Å². The van der Waals surface area contributed by atoms with Crippen LogP contribution in [0.3, 0.4) is 0 Å². The molecule has 0 aliphatic carbocycles. The van der Waals surface area contributed by atoms with Crippen molar-refractivity contribution in [3.05, 3.63) is 0 Å². The molecule has 0 amide bonds. The maximum atomic E-state index is 5.67. The molecular weight excluding hydrogens is 238 g/mol. The highest BCUT2D eigenvalue weighted by molar-refractivity contribution is 4.81. The SMILES string of the molecule is CNC1CCOCC1CN(CCN(C)C)CC(C)C. The van der Waals surface area contributed by atoms with E-state index in [1.807, 2.05) is 0 Å². The van der Waals surface area contributed by atoms with Crippen LogP contribution in [0.1, 0.15) is 20.3 Å². The molecule has 0 aromatic carbocycles. The summed E-state index contributed by atoms with van der Waals surface area (Å²) in [5, 5.41) is 3.46. The Morgan fingerprint density at radius 3 is 2.58 bits per heavy atom. The molecule has 4 heteroatoms. The van der Waals surface area contributed by atoms with Gasteiger partial charge < -0.3 is 19.9 Å². The second-order valence-corrected chi connectivity index (χ2v) is 6.48. The summed E-state index contributed by atoms with van der Waals surface area (Å²) < 4.78 is 5.67. The molecule has 1 heterocycles. The van der Waals surface area contributed by atoms with Gasteiger partial charge in [0.05, 0.1) is 6.61 Å². The minimum absolute atomic E-state index is 0.614. The zero-order chi connectivity index (χ0) is 14.3. The second-order valence-electron chi connectivity index (χ2n) is 6.48. The summed E-state index contributed by atoms with van der Waals surface area (Å²) in [6, 6.07) is 0.614. The predicted octanol–water partition coefficient (Wildman–Crippen LogP) is 1.13. The molecular formula is C15H33N3O. The number of rotatable bonds is 8. The van der Waals surface area contributed by atoms with Gasteiger partial charge in [-0.25, -0.2) is 0 Å². The molecule has 2 unspecified atom stereocenters. The molecule has 2 atom stereocenters. The van der Waals surface area contributed by atoms with Crippen LogP contribution in [0.5, 0.6) is 0 Å². The summed E-state index contributed by atoms with van der Waals surface area (Å²) in [7, 11) is 6.37. The first-order chi connectivity index (χ1) is 9.02. The van der Waals surface area contributed by atoms with Gasteiger partial charge >= 0.3 is 0 Å². The van der Waals surface area contributed by atoms with Crippen molar-refractivity contribution in [2.24, 2.45) is 11.8 Å². The molecule has 4 nitrogen and oxygen atoms in total. The predicted molar refractivity (Wildman–Crippen MR) is 81.6 cm³/mol. The van der Waals surface area contributed by atoms with Crippen molar-refractivity contribution in [2.45, 2.75) is 26.3 Å². The molecule has 1 fully saturated rings. The second kappa shape index (κ2) is 8.90. The number of hydrogen-bond donors (Lipinski definition) is 1. The summed E-state index contributed by atoms with van der Waals surface area (Å²) in [6.07, 6.45) is 1.14. The summed E-state index contributed by atoms with van der Waals surface area (Å²) in [4.78, 5) is 4.87. The first-order valence-corrected chi connectivity index (χ1v) is 7.65. The van der Waals surface area contributed by atoms with E-state index in [0.29, 0.717) is 12.0 Å². The first-order valence-electron chi connectivity index (χ1n) is 7.65. The zero-order valence-corrected chi connectivity index (χ0v) is 13.5. The summed E-state index contributed by atoms with van der Waals surface area (Å²) in [5.41, 5.74) is 0. The van der Waals surface area contributed by atoms with Crippen molar-refractivity contribution in [3.63, 3.8) is 0 Å².